The van der Waals surface area contributed by atoms with Gasteiger partial charge in [-0.2, -0.15) is 25.4 Å². The number of nitrogens with one attached hydrogen (secondary N) is 3. The molecule has 3 heterocycles. The summed E-state index contributed by atoms with van der Waals surface area (Å²) in [5, 5.41) is 23.0. The van der Waals surface area contributed by atoms with Crippen LogP contribution in [0.2, 0.25) is 0 Å². The second-order valence-corrected chi connectivity index (χ2v) is 6.35. The van der Waals surface area contributed by atoms with Crippen LogP contribution in [0.25, 0.3) is 11.3 Å². The maximum Gasteiger partial charge on any atom is 0.122 e. The van der Waals surface area contributed by atoms with Crippen LogP contribution < -0.4 is 5.53 Å². The van der Waals surface area contributed by atoms with Gasteiger partial charge in [0, 0.05) is 31.0 Å². The smallest absolute Gasteiger partial charge is 0.122 e. The number of aromatic amines is 2. The zero-order valence-electron chi connectivity index (χ0n) is 15.9. The zero-order chi connectivity index (χ0) is 20.1. The van der Waals surface area contributed by atoms with Crippen molar-refractivity contribution in [1.29, 1.82) is 0 Å². The Hall–Kier alpha value is -3.91. The number of aromatic nitrogens is 4. The molecule has 0 radical (unpaired) electrons. The Bertz CT molecular complexity index is 1010. The number of benzene rings is 1. The maximum atomic E-state index is 4.66. The number of H-pyrrole nitrogens is 2. The summed E-state index contributed by atoms with van der Waals surface area (Å²) in [6, 6.07) is 14.0. The fourth-order valence-corrected chi connectivity index (χ4v) is 3.26. The summed E-state index contributed by atoms with van der Waals surface area (Å²) >= 11 is 0. The van der Waals surface area contributed by atoms with Crippen LogP contribution in [0.5, 0.6) is 0 Å². The van der Waals surface area contributed by atoms with Crippen LogP contribution in [0.1, 0.15) is 17.0 Å². The van der Waals surface area contributed by atoms with Gasteiger partial charge in [-0.1, -0.05) is 42.5 Å². The molecule has 0 fully saturated rings. The molecule has 2 aromatic heterocycles. The first-order valence-electron chi connectivity index (χ1n) is 9.23. The third-order valence-corrected chi connectivity index (χ3v) is 4.48. The second kappa shape index (κ2) is 8.41. The molecule has 3 N–H and O–H groups in total. The summed E-state index contributed by atoms with van der Waals surface area (Å²) in [6.07, 6.45) is 7.13. The van der Waals surface area contributed by atoms with Gasteiger partial charge < -0.3 is 0 Å². The van der Waals surface area contributed by atoms with Crippen LogP contribution in [0.15, 0.2) is 85.3 Å². The largest absolute Gasteiger partial charge is 0.278 e. The van der Waals surface area contributed by atoms with E-state index < -0.39 is 0 Å². The molecule has 29 heavy (non-hydrogen) atoms. The first-order chi connectivity index (χ1) is 14.3. The van der Waals surface area contributed by atoms with Gasteiger partial charge >= 0.3 is 0 Å². The minimum Gasteiger partial charge on any atom is -0.278 e. The van der Waals surface area contributed by atoms with Crippen LogP contribution in [0, 0.1) is 0 Å². The summed E-state index contributed by atoms with van der Waals surface area (Å²) in [5.41, 5.74) is 8.41. The van der Waals surface area contributed by atoms with Gasteiger partial charge in [0.25, 0.3) is 0 Å². The van der Waals surface area contributed by atoms with E-state index in [9.17, 15) is 0 Å². The molecule has 8 heteroatoms. The molecule has 0 unspecified atom stereocenters. The monoisotopic (exact) mass is 386 g/mol. The van der Waals surface area contributed by atoms with Gasteiger partial charge in [0.15, 0.2) is 0 Å². The van der Waals surface area contributed by atoms with Crippen molar-refractivity contribution >= 4 is 17.0 Å². The number of hydrazine groups is 2. The Morgan fingerprint density at radius 2 is 1.55 bits per heavy atom. The van der Waals surface area contributed by atoms with Crippen LogP contribution in [0.3, 0.4) is 0 Å². The van der Waals surface area contributed by atoms with Gasteiger partial charge in [-0.25, -0.2) is 5.53 Å². The summed E-state index contributed by atoms with van der Waals surface area (Å²) in [7, 11) is 0. The molecular formula is C21H22N8. The zero-order valence-corrected chi connectivity index (χ0v) is 15.9. The van der Waals surface area contributed by atoms with E-state index in [0.717, 1.165) is 33.9 Å². The Morgan fingerprint density at radius 3 is 2.14 bits per heavy atom. The highest BCUT2D eigenvalue weighted by Crippen LogP contribution is 2.33. The summed E-state index contributed by atoms with van der Waals surface area (Å²) in [4.78, 5) is 0. The van der Waals surface area contributed by atoms with Crippen LogP contribution >= 0.6 is 0 Å². The molecule has 0 aliphatic carbocycles. The minimum atomic E-state index is 0.612. The molecule has 3 aromatic rings. The van der Waals surface area contributed by atoms with Crippen molar-refractivity contribution in [3.63, 3.8) is 0 Å². The normalized spacial score (nSPS) is 14.0. The van der Waals surface area contributed by atoms with Crippen LogP contribution in [-0.4, -0.2) is 49.3 Å². The molecule has 0 atom stereocenters. The number of nitrogens with zero attached hydrogens (tertiary/aromatic N) is 5. The Balaban J connectivity index is 1.96. The third-order valence-electron chi connectivity index (χ3n) is 4.48. The summed E-state index contributed by atoms with van der Waals surface area (Å²) < 4.78 is 0. The predicted molar refractivity (Wildman–Crippen MR) is 114 cm³/mol. The molecular weight excluding hydrogens is 364 g/mol. The van der Waals surface area contributed by atoms with Gasteiger partial charge in [-0.05, 0) is 12.1 Å². The van der Waals surface area contributed by atoms with Crippen molar-refractivity contribution in [1.82, 2.24) is 36.1 Å². The fraction of sp³-hybridized carbons (Fsp3) is 0.0952. The van der Waals surface area contributed by atoms with Crippen molar-refractivity contribution < 1.29 is 0 Å². The van der Waals surface area contributed by atoms with E-state index in [2.05, 4.69) is 61.3 Å². The van der Waals surface area contributed by atoms with Gasteiger partial charge in [0.05, 0.1) is 22.7 Å². The standard InChI is InChI=1S/C21H22N8/c1-3-14-28(15-4-2)29-21(16-8-6-5-7-9-16)19(17-10-12-22-24-17)20(26-27-29)18-11-13-23-25-18/h3-13,27H,1-2,14-15H2,(H,22,24)(H,23,25). The molecule has 146 valence electrons. The van der Waals surface area contributed by atoms with E-state index in [1.54, 1.807) is 12.4 Å². The van der Waals surface area contributed by atoms with Gasteiger partial charge in [-0.3, -0.25) is 10.2 Å². The molecule has 1 aliphatic heterocycles. The lowest BCUT2D eigenvalue weighted by molar-refractivity contribution is 0.0101. The van der Waals surface area contributed by atoms with Crippen molar-refractivity contribution in [3.05, 3.63) is 97.1 Å². The highest BCUT2D eigenvalue weighted by Gasteiger charge is 2.31. The molecule has 0 amide bonds. The predicted octanol–water partition coefficient (Wildman–Crippen LogP) is 2.81. The molecule has 0 bridgehead atoms. The lowest BCUT2D eigenvalue weighted by atomic mass is 9.97. The second-order valence-electron chi connectivity index (χ2n) is 6.35. The van der Waals surface area contributed by atoms with Gasteiger partial charge in [-0.15, -0.1) is 13.2 Å². The number of hydrogen-bond donors (Lipinski definition) is 3. The van der Waals surface area contributed by atoms with Crippen LogP contribution in [0.4, 0.5) is 0 Å². The van der Waals surface area contributed by atoms with E-state index in [1.165, 1.54) is 0 Å². The molecule has 0 spiro atoms. The van der Waals surface area contributed by atoms with E-state index in [0.29, 0.717) is 13.1 Å². The first kappa shape index (κ1) is 18.5. The lowest BCUT2D eigenvalue weighted by Gasteiger charge is -2.39. The summed E-state index contributed by atoms with van der Waals surface area (Å²) in [6.45, 7) is 9.00. The van der Waals surface area contributed by atoms with Crippen molar-refractivity contribution in [2.24, 2.45) is 5.10 Å². The molecule has 1 aromatic carbocycles. The minimum absolute atomic E-state index is 0.612. The van der Waals surface area contributed by atoms with E-state index in [1.807, 2.05) is 47.6 Å². The molecule has 1 aliphatic rings. The highest BCUT2D eigenvalue weighted by atomic mass is 15.9. The van der Waals surface area contributed by atoms with Crippen molar-refractivity contribution in [2.75, 3.05) is 13.1 Å². The number of rotatable bonds is 8. The maximum absolute atomic E-state index is 4.66. The fourth-order valence-electron chi connectivity index (χ4n) is 3.26. The SMILES string of the molecule is C=CCN(CC=C)N1NN=C(c2ccn[nH]2)C(c2ccn[nH]2)=C1c1ccccc1. The molecule has 0 saturated heterocycles. The number of allylic oxidation sites excluding steroid dienone is 1. The summed E-state index contributed by atoms with van der Waals surface area (Å²) in [5.74, 6) is 0. The molecule has 4 rings (SSSR count). The van der Waals surface area contributed by atoms with Gasteiger partial charge in [0.1, 0.15) is 5.71 Å². The first-order valence-corrected chi connectivity index (χ1v) is 9.23. The van der Waals surface area contributed by atoms with Gasteiger partial charge in [0.2, 0.25) is 0 Å². The molecule has 0 saturated carbocycles. The highest BCUT2D eigenvalue weighted by molar-refractivity contribution is 6.36. The lowest BCUT2D eigenvalue weighted by Crippen LogP contribution is -2.50. The third kappa shape index (κ3) is 3.61. The Labute approximate surface area is 168 Å². The topological polar surface area (TPSA) is 88.2 Å². The van der Waals surface area contributed by atoms with E-state index in [4.69, 9.17) is 0 Å². The Morgan fingerprint density at radius 1 is 0.897 bits per heavy atom. The average Bonchev–Trinajstić information content (AvgIpc) is 3.47. The van der Waals surface area contributed by atoms with Crippen LogP contribution in [-0.2, 0) is 0 Å². The Kier molecular flexibility index (Phi) is 5.35. The van der Waals surface area contributed by atoms with E-state index >= 15 is 0 Å². The van der Waals surface area contributed by atoms with E-state index in [-0.39, 0.29) is 0 Å². The van der Waals surface area contributed by atoms with Crippen molar-refractivity contribution in [2.45, 2.75) is 0 Å². The quantitative estimate of drug-likeness (QED) is 0.518. The van der Waals surface area contributed by atoms with Crippen molar-refractivity contribution in [3.8, 4) is 0 Å². The number of hydrazone groups is 1. The molecule has 8 nitrogen and oxygen atoms in total. The average molecular weight is 386 g/mol. The number of hydrogen-bond acceptors (Lipinski definition) is 6.